The number of aromatic nitrogens is 3. The molecule has 8 heteroatoms. The lowest BCUT2D eigenvalue weighted by Gasteiger charge is -2.14. The number of hydrogen-bond acceptors (Lipinski definition) is 5. The Kier molecular flexibility index (Phi) is 7.06. The van der Waals surface area contributed by atoms with Crippen molar-refractivity contribution >= 4 is 11.6 Å². The maximum absolute atomic E-state index is 5.54. The third-order valence-corrected chi connectivity index (χ3v) is 3.49. The van der Waals surface area contributed by atoms with Crippen LogP contribution in [-0.2, 0) is 13.1 Å². The van der Waals surface area contributed by atoms with Crippen LogP contribution in [0.2, 0.25) is 0 Å². The van der Waals surface area contributed by atoms with Gasteiger partial charge in [0.25, 0.3) is 0 Å². The molecule has 0 bridgehead atoms. The summed E-state index contributed by atoms with van der Waals surface area (Å²) in [5.74, 6) is 2.88. The largest absolute Gasteiger partial charge is 0.493 e. The topological polar surface area (TPSA) is 85.6 Å². The quantitative estimate of drug-likeness (QED) is 0.563. The summed E-state index contributed by atoms with van der Waals surface area (Å²) in [5.41, 5.74) is 0.858. The van der Waals surface area contributed by atoms with Crippen LogP contribution in [0.15, 0.2) is 29.5 Å². The number of hydrogen-bond donors (Lipinski definition) is 2. The van der Waals surface area contributed by atoms with E-state index in [-0.39, 0.29) is 0 Å². The first-order chi connectivity index (χ1) is 12.2. The van der Waals surface area contributed by atoms with Crippen molar-refractivity contribution in [1.29, 1.82) is 0 Å². The number of ether oxygens (including phenoxy) is 2. The molecule has 0 saturated heterocycles. The van der Waals surface area contributed by atoms with Gasteiger partial charge in [0, 0.05) is 24.8 Å². The van der Waals surface area contributed by atoms with Crippen molar-refractivity contribution in [3.63, 3.8) is 0 Å². The third-order valence-electron chi connectivity index (χ3n) is 3.49. The summed E-state index contributed by atoms with van der Waals surface area (Å²) >= 11 is 0. The molecule has 0 saturated carbocycles. The monoisotopic (exact) mass is 346 g/mol. The van der Waals surface area contributed by atoms with Crippen LogP contribution in [0, 0.1) is 0 Å². The van der Waals surface area contributed by atoms with Crippen molar-refractivity contribution in [1.82, 2.24) is 20.1 Å². The minimum absolute atomic E-state index is 0.442. The van der Waals surface area contributed by atoms with E-state index in [1.807, 2.05) is 43.5 Å². The fraction of sp³-hybridized carbons (Fsp3) is 0.471. The highest BCUT2D eigenvalue weighted by Crippen LogP contribution is 2.30. The van der Waals surface area contributed by atoms with Crippen LogP contribution < -0.4 is 20.1 Å². The van der Waals surface area contributed by atoms with Crippen molar-refractivity contribution in [3.05, 3.63) is 30.4 Å². The molecule has 2 aromatic rings. The summed E-state index contributed by atoms with van der Waals surface area (Å²) in [6, 6.07) is 5.68. The highest BCUT2D eigenvalue weighted by atomic mass is 16.5. The molecular weight excluding hydrogens is 320 g/mol. The maximum atomic E-state index is 5.54. The van der Waals surface area contributed by atoms with E-state index in [9.17, 15) is 0 Å². The number of aliphatic imine (C=N–C) groups is 1. The minimum Gasteiger partial charge on any atom is -0.493 e. The average molecular weight is 346 g/mol. The minimum atomic E-state index is 0.442. The Morgan fingerprint density at radius 2 is 2.08 bits per heavy atom. The van der Waals surface area contributed by atoms with Crippen LogP contribution >= 0.6 is 0 Å². The molecule has 0 spiro atoms. The number of methoxy groups -OCH3 is 1. The van der Waals surface area contributed by atoms with E-state index in [1.165, 1.54) is 0 Å². The molecule has 25 heavy (non-hydrogen) atoms. The van der Waals surface area contributed by atoms with Gasteiger partial charge in [0.1, 0.15) is 12.9 Å². The van der Waals surface area contributed by atoms with E-state index >= 15 is 0 Å². The summed E-state index contributed by atoms with van der Waals surface area (Å²) in [5, 5.41) is 14.5. The summed E-state index contributed by atoms with van der Waals surface area (Å²) in [6.07, 6.45) is 1.71. The van der Waals surface area contributed by atoms with Gasteiger partial charge >= 0.3 is 0 Å². The predicted molar refractivity (Wildman–Crippen MR) is 98.3 cm³/mol. The first-order valence-corrected chi connectivity index (χ1v) is 8.44. The van der Waals surface area contributed by atoms with Gasteiger partial charge in [0.05, 0.1) is 13.7 Å². The normalized spacial score (nSPS) is 11.3. The number of nitrogens with zero attached hydrogens (tertiary/aromatic N) is 4. The van der Waals surface area contributed by atoms with E-state index in [2.05, 4.69) is 25.8 Å². The SMILES string of the molecule is CCNC(=NCc1nncn1CC)Nc1ccc(OCC)c(OC)c1. The maximum Gasteiger partial charge on any atom is 0.196 e. The smallest absolute Gasteiger partial charge is 0.196 e. The van der Waals surface area contributed by atoms with Crippen molar-refractivity contribution in [3.8, 4) is 11.5 Å². The van der Waals surface area contributed by atoms with Crippen LogP contribution in [0.1, 0.15) is 26.6 Å². The second-order valence-electron chi connectivity index (χ2n) is 5.15. The molecule has 0 fully saturated rings. The van der Waals surface area contributed by atoms with Gasteiger partial charge in [-0.05, 0) is 32.9 Å². The van der Waals surface area contributed by atoms with E-state index in [0.717, 1.165) is 24.6 Å². The van der Waals surface area contributed by atoms with Crippen LogP contribution in [0.4, 0.5) is 5.69 Å². The number of guanidine groups is 1. The van der Waals surface area contributed by atoms with Gasteiger partial charge in [-0.25, -0.2) is 4.99 Å². The zero-order valence-corrected chi connectivity index (χ0v) is 15.2. The molecule has 0 aliphatic rings. The van der Waals surface area contributed by atoms with E-state index in [4.69, 9.17) is 9.47 Å². The molecule has 0 unspecified atom stereocenters. The zero-order chi connectivity index (χ0) is 18.1. The standard InChI is InChI=1S/C17H26N6O2/c1-5-18-17(19-11-16-22-20-12-23(16)6-2)21-13-8-9-14(25-7-3)15(10-13)24-4/h8-10,12H,5-7,11H2,1-4H3,(H2,18,19,21). The van der Waals surface area contributed by atoms with Gasteiger partial charge in [-0.3, -0.25) is 0 Å². The lowest BCUT2D eigenvalue weighted by Crippen LogP contribution is -2.30. The first-order valence-electron chi connectivity index (χ1n) is 8.44. The van der Waals surface area contributed by atoms with Gasteiger partial charge in [-0.2, -0.15) is 0 Å². The molecule has 0 atom stereocenters. The summed E-state index contributed by atoms with van der Waals surface area (Å²) in [6.45, 7) is 8.61. The molecule has 1 aromatic heterocycles. The second-order valence-corrected chi connectivity index (χ2v) is 5.15. The molecule has 1 heterocycles. The number of benzene rings is 1. The Hall–Kier alpha value is -2.77. The first kappa shape index (κ1) is 18.6. The molecule has 0 amide bonds. The summed E-state index contributed by atoms with van der Waals surface area (Å²) < 4.78 is 12.9. The average Bonchev–Trinajstić information content (AvgIpc) is 3.09. The number of anilines is 1. The summed E-state index contributed by atoms with van der Waals surface area (Å²) in [4.78, 5) is 4.57. The molecular formula is C17H26N6O2. The number of nitrogens with one attached hydrogen (secondary N) is 2. The molecule has 136 valence electrons. The Morgan fingerprint density at radius 3 is 2.76 bits per heavy atom. The Balaban J connectivity index is 2.14. The lowest BCUT2D eigenvalue weighted by atomic mass is 10.2. The van der Waals surface area contributed by atoms with Gasteiger partial charge in [0.15, 0.2) is 23.3 Å². The molecule has 0 aliphatic carbocycles. The molecule has 1 aromatic carbocycles. The highest BCUT2D eigenvalue weighted by Gasteiger charge is 2.08. The Labute approximate surface area is 148 Å². The van der Waals surface area contributed by atoms with E-state index in [0.29, 0.717) is 30.6 Å². The van der Waals surface area contributed by atoms with Gasteiger partial charge < -0.3 is 24.7 Å². The molecule has 0 aliphatic heterocycles. The van der Waals surface area contributed by atoms with Gasteiger partial charge in [-0.1, -0.05) is 0 Å². The third kappa shape index (κ3) is 5.10. The van der Waals surface area contributed by atoms with Crippen molar-refractivity contribution in [2.45, 2.75) is 33.9 Å². The van der Waals surface area contributed by atoms with Gasteiger partial charge in [-0.15, -0.1) is 10.2 Å². The van der Waals surface area contributed by atoms with E-state index in [1.54, 1.807) is 13.4 Å². The molecule has 8 nitrogen and oxygen atoms in total. The second kappa shape index (κ2) is 9.51. The molecule has 0 radical (unpaired) electrons. The highest BCUT2D eigenvalue weighted by molar-refractivity contribution is 5.93. The number of aryl methyl sites for hydroxylation is 1. The molecule has 2 rings (SSSR count). The van der Waals surface area contributed by atoms with Crippen LogP contribution in [-0.4, -0.2) is 41.0 Å². The Bertz CT molecular complexity index is 698. The van der Waals surface area contributed by atoms with E-state index < -0.39 is 0 Å². The lowest BCUT2D eigenvalue weighted by molar-refractivity contribution is 0.311. The van der Waals surface area contributed by atoms with Gasteiger partial charge in [0.2, 0.25) is 0 Å². The summed E-state index contributed by atoms with van der Waals surface area (Å²) in [7, 11) is 1.62. The Morgan fingerprint density at radius 1 is 1.24 bits per heavy atom. The zero-order valence-electron chi connectivity index (χ0n) is 15.2. The van der Waals surface area contributed by atoms with Crippen LogP contribution in [0.25, 0.3) is 0 Å². The fourth-order valence-corrected chi connectivity index (χ4v) is 2.28. The van der Waals surface area contributed by atoms with Crippen LogP contribution in [0.3, 0.4) is 0 Å². The van der Waals surface area contributed by atoms with Crippen LogP contribution in [0.5, 0.6) is 11.5 Å². The van der Waals surface area contributed by atoms with Crippen molar-refractivity contribution in [2.24, 2.45) is 4.99 Å². The molecule has 2 N–H and O–H groups in total. The van der Waals surface area contributed by atoms with Crippen molar-refractivity contribution < 1.29 is 9.47 Å². The fourth-order valence-electron chi connectivity index (χ4n) is 2.28. The predicted octanol–water partition coefficient (Wildman–Crippen LogP) is 2.28. The number of rotatable bonds is 8. The van der Waals surface area contributed by atoms with Crippen molar-refractivity contribution in [2.75, 3.05) is 25.6 Å².